The van der Waals surface area contributed by atoms with Gasteiger partial charge in [0.25, 0.3) is 5.91 Å². The van der Waals surface area contributed by atoms with E-state index in [4.69, 9.17) is 9.15 Å². The van der Waals surface area contributed by atoms with Gasteiger partial charge in [-0.3, -0.25) is 9.59 Å². The van der Waals surface area contributed by atoms with E-state index in [9.17, 15) is 9.59 Å². The summed E-state index contributed by atoms with van der Waals surface area (Å²) in [7, 11) is 1.58. The minimum atomic E-state index is -0.145. The molecule has 0 aliphatic heterocycles. The van der Waals surface area contributed by atoms with Gasteiger partial charge in [-0.2, -0.15) is 0 Å². The smallest absolute Gasteiger partial charge is 0.257 e. The van der Waals surface area contributed by atoms with Gasteiger partial charge in [0.05, 0.1) is 18.4 Å². The van der Waals surface area contributed by atoms with Crippen LogP contribution < -0.4 is 0 Å². The Morgan fingerprint density at radius 2 is 1.90 bits per heavy atom. The van der Waals surface area contributed by atoms with Gasteiger partial charge in [-0.1, -0.05) is 0 Å². The molecule has 0 aromatic carbocycles. The highest BCUT2D eigenvalue weighted by Gasteiger charge is 2.19. The van der Waals surface area contributed by atoms with Crippen molar-refractivity contribution >= 4 is 11.8 Å². The fourth-order valence-corrected chi connectivity index (χ4v) is 2.05. The quantitative estimate of drug-likeness (QED) is 0.695. The summed E-state index contributed by atoms with van der Waals surface area (Å²) >= 11 is 0. The van der Waals surface area contributed by atoms with Gasteiger partial charge in [-0.05, 0) is 19.9 Å². The predicted molar refractivity (Wildman–Crippen MR) is 79.0 cm³/mol. The maximum atomic E-state index is 12.3. The van der Waals surface area contributed by atoms with E-state index in [1.54, 1.807) is 23.0 Å². The molecular formula is C15H24N2O4. The van der Waals surface area contributed by atoms with E-state index in [1.165, 1.54) is 12.5 Å². The monoisotopic (exact) mass is 296 g/mol. The van der Waals surface area contributed by atoms with Crippen LogP contribution in [0, 0.1) is 0 Å². The van der Waals surface area contributed by atoms with Crippen molar-refractivity contribution in [3.8, 4) is 0 Å². The minimum Gasteiger partial charge on any atom is -0.472 e. The number of carbonyl (C=O) groups is 2. The lowest BCUT2D eigenvalue weighted by molar-refractivity contribution is -0.131. The lowest BCUT2D eigenvalue weighted by Crippen LogP contribution is -2.38. The van der Waals surface area contributed by atoms with Crippen molar-refractivity contribution in [2.45, 2.75) is 20.3 Å². The third-order valence-electron chi connectivity index (χ3n) is 3.33. The first-order valence-corrected chi connectivity index (χ1v) is 7.22. The zero-order chi connectivity index (χ0) is 15.7. The van der Waals surface area contributed by atoms with Crippen LogP contribution in [-0.2, 0) is 9.53 Å². The third kappa shape index (κ3) is 5.23. The number of carbonyl (C=O) groups excluding carboxylic acids is 2. The summed E-state index contributed by atoms with van der Waals surface area (Å²) in [5.41, 5.74) is 0.487. The van der Waals surface area contributed by atoms with Crippen LogP contribution in [0.3, 0.4) is 0 Å². The predicted octanol–water partition coefficient (Wildman–Crippen LogP) is 1.63. The summed E-state index contributed by atoms with van der Waals surface area (Å²) in [5, 5.41) is 0. The summed E-state index contributed by atoms with van der Waals surface area (Å²) in [4.78, 5) is 27.7. The second-order valence-corrected chi connectivity index (χ2v) is 4.61. The largest absolute Gasteiger partial charge is 0.472 e. The van der Waals surface area contributed by atoms with E-state index < -0.39 is 0 Å². The van der Waals surface area contributed by atoms with Gasteiger partial charge in [0.1, 0.15) is 6.26 Å². The Hall–Kier alpha value is -1.82. The Morgan fingerprint density at radius 3 is 2.43 bits per heavy atom. The van der Waals surface area contributed by atoms with E-state index >= 15 is 0 Å². The Labute approximate surface area is 125 Å². The van der Waals surface area contributed by atoms with Gasteiger partial charge >= 0.3 is 0 Å². The van der Waals surface area contributed by atoms with Gasteiger partial charge < -0.3 is 19.0 Å². The number of amides is 2. The molecule has 2 amide bonds. The highest BCUT2D eigenvalue weighted by atomic mass is 16.5. The zero-order valence-electron chi connectivity index (χ0n) is 13.0. The van der Waals surface area contributed by atoms with E-state index in [2.05, 4.69) is 0 Å². The fourth-order valence-electron chi connectivity index (χ4n) is 2.05. The number of hydrogen-bond donors (Lipinski definition) is 0. The molecule has 0 aliphatic rings. The normalized spacial score (nSPS) is 10.4. The standard InChI is InChI=1S/C15H24N2O4/c1-4-16(5-2)14(18)6-8-17(9-11-20-3)15(19)13-7-10-21-12-13/h7,10,12H,4-6,8-9,11H2,1-3H3. The van der Waals surface area contributed by atoms with Gasteiger partial charge in [0.15, 0.2) is 0 Å². The Morgan fingerprint density at radius 1 is 1.19 bits per heavy atom. The molecule has 0 aliphatic carbocycles. The number of nitrogens with zero attached hydrogens (tertiary/aromatic N) is 2. The molecule has 1 aromatic heterocycles. The van der Waals surface area contributed by atoms with Gasteiger partial charge in [0.2, 0.25) is 5.91 Å². The highest BCUT2D eigenvalue weighted by Crippen LogP contribution is 2.07. The molecule has 0 atom stereocenters. The molecule has 0 saturated heterocycles. The first-order chi connectivity index (χ1) is 10.1. The molecule has 0 fully saturated rings. The number of ether oxygens (including phenoxy) is 1. The van der Waals surface area contributed by atoms with E-state index in [1.807, 2.05) is 13.8 Å². The molecule has 6 heteroatoms. The number of hydrogen-bond acceptors (Lipinski definition) is 4. The van der Waals surface area contributed by atoms with Crippen molar-refractivity contribution in [3.05, 3.63) is 24.2 Å². The third-order valence-corrected chi connectivity index (χ3v) is 3.33. The van der Waals surface area contributed by atoms with Crippen molar-refractivity contribution in [1.82, 2.24) is 9.80 Å². The van der Waals surface area contributed by atoms with Crippen LogP contribution >= 0.6 is 0 Å². The van der Waals surface area contributed by atoms with E-state index in [0.717, 1.165) is 0 Å². The summed E-state index contributed by atoms with van der Waals surface area (Å²) in [6, 6.07) is 1.62. The van der Waals surface area contributed by atoms with Crippen LogP contribution in [0.5, 0.6) is 0 Å². The van der Waals surface area contributed by atoms with Crippen molar-refractivity contribution in [1.29, 1.82) is 0 Å². The molecule has 6 nitrogen and oxygen atoms in total. The van der Waals surface area contributed by atoms with E-state index in [0.29, 0.717) is 44.8 Å². The molecule has 0 radical (unpaired) electrons. The molecule has 1 aromatic rings. The van der Waals surface area contributed by atoms with Gasteiger partial charge in [-0.15, -0.1) is 0 Å². The van der Waals surface area contributed by atoms with Crippen LogP contribution in [0.4, 0.5) is 0 Å². The highest BCUT2D eigenvalue weighted by molar-refractivity contribution is 5.94. The molecule has 21 heavy (non-hydrogen) atoms. The molecule has 1 heterocycles. The minimum absolute atomic E-state index is 0.0578. The SMILES string of the molecule is CCN(CC)C(=O)CCN(CCOC)C(=O)c1ccoc1. The number of furan rings is 1. The second kappa shape index (κ2) is 9.18. The van der Waals surface area contributed by atoms with Crippen LogP contribution in [-0.4, -0.2) is 61.5 Å². The lowest BCUT2D eigenvalue weighted by Gasteiger charge is -2.24. The van der Waals surface area contributed by atoms with Crippen molar-refractivity contribution in [3.63, 3.8) is 0 Å². The summed E-state index contributed by atoms with van der Waals surface area (Å²) in [6.45, 7) is 6.52. The van der Waals surface area contributed by atoms with Crippen LogP contribution in [0.2, 0.25) is 0 Å². The first kappa shape index (κ1) is 17.2. The van der Waals surface area contributed by atoms with Gasteiger partial charge in [0, 0.05) is 39.7 Å². The number of methoxy groups -OCH3 is 1. The average molecular weight is 296 g/mol. The molecule has 0 bridgehead atoms. The zero-order valence-corrected chi connectivity index (χ0v) is 13.0. The van der Waals surface area contributed by atoms with Crippen molar-refractivity contribution in [2.24, 2.45) is 0 Å². The summed E-state index contributed by atoms with van der Waals surface area (Å²) in [5.74, 6) is -0.0874. The fraction of sp³-hybridized carbons (Fsp3) is 0.600. The molecule has 0 N–H and O–H groups in total. The molecule has 118 valence electrons. The molecule has 0 spiro atoms. The average Bonchev–Trinajstić information content (AvgIpc) is 3.02. The topological polar surface area (TPSA) is 63.0 Å². The van der Waals surface area contributed by atoms with Crippen molar-refractivity contribution in [2.75, 3.05) is 39.9 Å². The van der Waals surface area contributed by atoms with Gasteiger partial charge in [-0.25, -0.2) is 0 Å². The second-order valence-electron chi connectivity index (χ2n) is 4.61. The lowest BCUT2D eigenvalue weighted by atomic mass is 10.2. The maximum absolute atomic E-state index is 12.3. The maximum Gasteiger partial charge on any atom is 0.257 e. The summed E-state index contributed by atoms with van der Waals surface area (Å²) < 4.78 is 9.96. The van der Waals surface area contributed by atoms with Crippen LogP contribution in [0.15, 0.2) is 23.0 Å². The molecular weight excluding hydrogens is 272 g/mol. The van der Waals surface area contributed by atoms with Crippen molar-refractivity contribution < 1.29 is 18.7 Å². The van der Waals surface area contributed by atoms with Crippen LogP contribution in [0.25, 0.3) is 0 Å². The van der Waals surface area contributed by atoms with E-state index in [-0.39, 0.29) is 11.8 Å². The molecule has 1 rings (SSSR count). The Kier molecular flexibility index (Phi) is 7.53. The Bertz CT molecular complexity index is 427. The molecule has 0 unspecified atom stereocenters. The summed E-state index contributed by atoms with van der Waals surface area (Å²) in [6.07, 6.45) is 3.19. The molecule has 0 saturated carbocycles. The Balaban J connectivity index is 2.62. The number of rotatable bonds is 9. The first-order valence-electron chi connectivity index (χ1n) is 7.22. The van der Waals surface area contributed by atoms with Crippen LogP contribution in [0.1, 0.15) is 30.6 Å².